The van der Waals surface area contributed by atoms with Gasteiger partial charge in [0.05, 0.1) is 37.9 Å². The first-order valence-corrected chi connectivity index (χ1v) is 14.0. The molecular weight excluding hydrogens is 922 g/mol. The molecule has 1 unspecified atom stereocenters. The van der Waals surface area contributed by atoms with Crippen LogP contribution in [0.2, 0.25) is 20.1 Å². The van der Waals surface area contributed by atoms with Gasteiger partial charge in [-0.05, 0) is 120 Å². The Bertz CT molecular complexity index is 1220. The Kier molecular flexibility index (Phi) is 7.77. The minimum Gasteiger partial charge on any atom is -0.494 e. The Morgan fingerprint density at radius 1 is 0.767 bits per heavy atom. The molecule has 3 aromatic carbocycles. The topological polar surface area (TPSA) is 18.5 Å². The molecule has 0 saturated heterocycles. The second-order valence-corrected chi connectivity index (χ2v) is 12.5. The number of methoxy groups -OCH3 is 1. The molecule has 0 spiro atoms. The summed E-state index contributed by atoms with van der Waals surface area (Å²) in [6.45, 7) is 0. The van der Waals surface area contributed by atoms with Crippen LogP contribution in [0.15, 0.2) is 24.3 Å². The summed E-state index contributed by atoms with van der Waals surface area (Å²) in [5.41, 5.74) is 2.73. The third kappa shape index (κ3) is 4.15. The van der Waals surface area contributed by atoms with Gasteiger partial charge in [0.15, 0.2) is 0 Å². The number of rotatable bonds is 2. The molecular formula is C20H8Cl4I4O2. The van der Waals surface area contributed by atoms with E-state index < -0.39 is 0 Å². The van der Waals surface area contributed by atoms with Gasteiger partial charge in [0.1, 0.15) is 17.2 Å². The van der Waals surface area contributed by atoms with Crippen LogP contribution in [0, 0.1) is 14.3 Å². The molecule has 0 aliphatic carbocycles. The Labute approximate surface area is 248 Å². The lowest BCUT2D eigenvalue weighted by molar-refractivity contribution is 0.396. The molecule has 0 radical (unpaired) electrons. The van der Waals surface area contributed by atoms with Crippen LogP contribution >= 0.6 is 137 Å². The maximum atomic E-state index is 6.71. The summed E-state index contributed by atoms with van der Waals surface area (Å²) < 4.78 is 16.0. The fraction of sp³-hybridized carbons (Fsp3) is 0.100. The summed E-state index contributed by atoms with van der Waals surface area (Å²) in [5.74, 6) is 2.06. The average molecular weight is 930 g/mol. The van der Waals surface area contributed by atoms with Gasteiger partial charge in [0, 0.05) is 20.6 Å². The number of ether oxygens (including phenoxy) is 2. The maximum Gasteiger partial charge on any atom is 0.149 e. The summed E-state index contributed by atoms with van der Waals surface area (Å²) in [6.07, 6.45) is 0. The minimum atomic E-state index is -0.236. The second kappa shape index (κ2) is 9.53. The van der Waals surface area contributed by atoms with Crippen LogP contribution < -0.4 is 9.47 Å². The van der Waals surface area contributed by atoms with Crippen molar-refractivity contribution in [2.24, 2.45) is 0 Å². The van der Waals surface area contributed by atoms with Crippen LogP contribution in [0.5, 0.6) is 17.2 Å². The van der Waals surface area contributed by atoms with Crippen molar-refractivity contribution in [2.75, 3.05) is 7.11 Å². The Morgan fingerprint density at radius 3 is 2.10 bits per heavy atom. The van der Waals surface area contributed by atoms with Crippen molar-refractivity contribution in [3.63, 3.8) is 0 Å². The third-order valence-corrected chi connectivity index (χ3v) is 9.64. The van der Waals surface area contributed by atoms with Crippen molar-refractivity contribution < 1.29 is 9.47 Å². The summed E-state index contributed by atoms with van der Waals surface area (Å²) in [4.78, 5) is 0. The van der Waals surface area contributed by atoms with Crippen molar-refractivity contribution in [2.45, 2.75) is 5.92 Å². The van der Waals surface area contributed by atoms with E-state index >= 15 is 0 Å². The molecule has 3 aromatic rings. The zero-order valence-electron chi connectivity index (χ0n) is 14.7. The van der Waals surface area contributed by atoms with Crippen LogP contribution in [-0.2, 0) is 0 Å². The summed E-state index contributed by atoms with van der Waals surface area (Å²) in [5, 5.41) is 1.22. The van der Waals surface area contributed by atoms with Crippen molar-refractivity contribution >= 4 is 137 Å². The zero-order valence-corrected chi connectivity index (χ0v) is 26.4. The SMILES string of the molecule is COc1c(I)cc2c(c1I)Oc1c(I)cc(I)cc1C2c1cc(Cl)c(Cl)c(Cl)c1Cl. The normalized spacial score (nSPS) is 14.8. The Balaban J connectivity index is 2.12. The lowest BCUT2D eigenvalue weighted by Crippen LogP contribution is -2.15. The largest absolute Gasteiger partial charge is 0.494 e. The van der Waals surface area contributed by atoms with Gasteiger partial charge in [-0.25, -0.2) is 0 Å². The number of benzene rings is 3. The van der Waals surface area contributed by atoms with Crippen molar-refractivity contribution in [1.82, 2.24) is 0 Å². The Hall–Kier alpha value is 1.34. The van der Waals surface area contributed by atoms with E-state index in [4.69, 9.17) is 55.9 Å². The van der Waals surface area contributed by atoms with Crippen molar-refractivity contribution in [3.05, 3.63) is 75.3 Å². The number of halogens is 8. The highest BCUT2D eigenvalue weighted by molar-refractivity contribution is 14.1. The molecule has 1 aliphatic heterocycles. The lowest BCUT2D eigenvalue weighted by Gasteiger charge is -2.32. The van der Waals surface area contributed by atoms with E-state index in [9.17, 15) is 0 Å². The molecule has 0 amide bonds. The van der Waals surface area contributed by atoms with Gasteiger partial charge in [-0.15, -0.1) is 0 Å². The lowest BCUT2D eigenvalue weighted by atomic mass is 9.82. The monoisotopic (exact) mass is 928 g/mol. The molecule has 2 nitrogen and oxygen atoms in total. The molecule has 1 aliphatic rings. The number of hydrogen-bond acceptors (Lipinski definition) is 2. The van der Waals surface area contributed by atoms with Gasteiger partial charge >= 0.3 is 0 Å². The predicted octanol–water partition coefficient (Wildman–Crippen LogP) is 10.0. The molecule has 0 saturated carbocycles. The molecule has 0 aromatic heterocycles. The first-order chi connectivity index (χ1) is 14.1. The van der Waals surface area contributed by atoms with Gasteiger partial charge in [-0.2, -0.15) is 0 Å². The quantitative estimate of drug-likeness (QED) is 0.113. The van der Waals surface area contributed by atoms with E-state index in [1.165, 1.54) is 0 Å². The van der Waals surface area contributed by atoms with Crippen LogP contribution in [0.1, 0.15) is 22.6 Å². The molecule has 1 heterocycles. The summed E-state index contributed by atoms with van der Waals surface area (Å²) in [6, 6.07) is 8.02. The highest BCUT2D eigenvalue weighted by Gasteiger charge is 2.36. The average Bonchev–Trinajstić information content (AvgIpc) is 2.69. The van der Waals surface area contributed by atoms with Gasteiger partial charge in [0.2, 0.25) is 0 Å². The zero-order chi connectivity index (χ0) is 21.9. The van der Waals surface area contributed by atoms with Gasteiger partial charge in [-0.1, -0.05) is 46.4 Å². The maximum absolute atomic E-state index is 6.71. The fourth-order valence-electron chi connectivity index (χ4n) is 3.42. The summed E-state index contributed by atoms with van der Waals surface area (Å²) >= 11 is 34.9. The smallest absolute Gasteiger partial charge is 0.149 e. The van der Waals surface area contributed by atoms with E-state index in [2.05, 4.69) is 109 Å². The Morgan fingerprint density at radius 2 is 1.43 bits per heavy atom. The highest BCUT2D eigenvalue weighted by atomic mass is 127. The molecule has 156 valence electrons. The molecule has 4 rings (SSSR count). The molecule has 0 fully saturated rings. The molecule has 0 bridgehead atoms. The van der Waals surface area contributed by atoms with E-state index in [1.807, 2.05) is 0 Å². The van der Waals surface area contributed by atoms with Gasteiger partial charge in [0.25, 0.3) is 0 Å². The van der Waals surface area contributed by atoms with Crippen LogP contribution in [0.3, 0.4) is 0 Å². The van der Waals surface area contributed by atoms with E-state index in [1.54, 1.807) is 13.2 Å². The van der Waals surface area contributed by atoms with E-state index in [0.29, 0.717) is 10.0 Å². The van der Waals surface area contributed by atoms with Crippen LogP contribution in [-0.4, -0.2) is 7.11 Å². The number of hydrogen-bond donors (Lipinski definition) is 0. The first kappa shape index (κ1) is 24.5. The molecule has 30 heavy (non-hydrogen) atoms. The standard InChI is InChI=1S/C20H8Cl4I4O2/c1-29-20-12(27)5-9-13(7-4-10(21)15(23)16(24)14(7)22)8-2-6(25)3-11(26)18(8)30-19(9)17(20)28/h2-5,13H,1H3. The van der Waals surface area contributed by atoms with Gasteiger partial charge < -0.3 is 9.47 Å². The van der Waals surface area contributed by atoms with Crippen molar-refractivity contribution in [1.29, 1.82) is 0 Å². The number of fused-ring (bicyclic) bond motifs is 2. The van der Waals surface area contributed by atoms with Crippen molar-refractivity contribution in [3.8, 4) is 17.2 Å². The summed E-state index contributed by atoms with van der Waals surface area (Å²) in [7, 11) is 1.65. The molecule has 0 N–H and O–H groups in total. The van der Waals surface area contributed by atoms with Crippen LogP contribution in [0.25, 0.3) is 0 Å². The highest BCUT2D eigenvalue weighted by Crippen LogP contribution is 2.55. The minimum absolute atomic E-state index is 0.236. The fourth-order valence-corrected chi connectivity index (χ4v) is 8.62. The van der Waals surface area contributed by atoms with E-state index in [0.717, 1.165) is 48.2 Å². The van der Waals surface area contributed by atoms with Gasteiger partial charge in [-0.3, -0.25) is 0 Å². The van der Waals surface area contributed by atoms with Crippen LogP contribution in [0.4, 0.5) is 0 Å². The molecule has 1 atom stereocenters. The molecule has 10 heteroatoms. The van der Waals surface area contributed by atoms with E-state index in [-0.39, 0.29) is 16.0 Å². The third-order valence-electron chi connectivity index (χ3n) is 4.67. The second-order valence-electron chi connectivity index (χ2n) is 6.35. The predicted molar refractivity (Wildman–Crippen MR) is 158 cm³/mol. The first-order valence-electron chi connectivity index (χ1n) is 8.21.